The third-order valence-electron chi connectivity index (χ3n) is 6.36. The quantitative estimate of drug-likeness (QED) is 0.751. The smallest absolute Gasteiger partial charge is 0.166 e. The number of carbonyl (C=O) groups excluding carboxylic acids is 1. The van der Waals surface area contributed by atoms with Crippen molar-refractivity contribution >= 4 is 5.78 Å². The standard InChI is InChI=1S/C24H29NO2/c1-16-9-18(3)23(10-17(16)2)24(26)20-11-21-14-27-15-22(12-20)25(21)13-19-7-5-4-6-8-19/h4-10,20-22H,11-15H2,1-3H3. The van der Waals surface area contributed by atoms with Crippen LogP contribution in [0.25, 0.3) is 0 Å². The van der Waals surface area contributed by atoms with Crippen LogP contribution in [0.2, 0.25) is 0 Å². The Morgan fingerprint density at radius 3 is 2.26 bits per heavy atom. The topological polar surface area (TPSA) is 29.5 Å². The largest absolute Gasteiger partial charge is 0.378 e. The van der Waals surface area contributed by atoms with E-state index in [-0.39, 0.29) is 5.92 Å². The Morgan fingerprint density at radius 2 is 1.59 bits per heavy atom. The summed E-state index contributed by atoms with van der Waals surface area (Å²) in [7, 11) is 0. The second-order valence-electron chi connectivity index (χ2n) is 8.29. The van der Waals surface area contributed by atoms with Crippen molar-refractivity contribution in [1.82, 2.24) is 4.90 Å². The molecule has 2 aromatic rings. The first-order chi connectivity index (χ1) is 13.0. The SMILES string of the molecule is Cc1cc(C)c(C(=O)C2CC3COCC(C2)N3Cc2ccccc2)cc1C. The molecule has 2 aliphatic heterocycles. The van der Waals surface area contributed by atoms with Crippen molar-refractivity contribution in [2.75, 3.05) is 13.2 Å². The minimum absolute atomic E-state index is 0.108. The van der Waals surface area contributed by atoms with Crippen LogP contribution in [0.3, 0.4) is 0 Å². The van der Waals surface area contributed by atoms with E-state index in [9.17, 15) is 4.79 Å². The first kappa shape index (κ1) is 18.4. The Balaban J connectivity index is 1.53. The monoisotopic (exact) mass is 363 g/mol. The number of carbonyl (C=O) groups is 1. The van der Waals surface area contributed by atoms with Gasteiger partial charge in [-0.05, 0) is 61.9 Å². The van der Waals surface area contributed by atoms with E-state index in [4.69, 9.17) is 4.74 Å². The Hall–Kier alpha value is -1.97. The van der Waals surface area contributed by atoms with E-state index in [1.807, 2.05) is 0 Å². The summed E-state index contributed by atoms with van der Waals surface area (Å²) in [5.74, 6) is 0.434. The van der Waals surface area contributed by atoms with Gasteiger partial charge in [0.2, 0.25) is 0 Å². The van der Waals surface area contributed by atoms with Gasteiger partial charge >= 0.3 is 0 Å². The Labute approximate surface area is 162 Å². The predicted molar refractivity (Wildman–Crippen MR) is 108 cm³/mol. The molecule has 27 heavy (non-hydrogen) atoms. The van der Waals surface area contributed by atoms with Gasteiger partial charge < -0.3 is 4.74 Å². The first-order valence-electron chi connectivity index (χ1n) is 10.0. The van der Waals surface area contributed by atoms with Crippen LogP contribution in [0.5, 0.6) is 0 Å². The fourth-order valence-electron chi connectivity index (χ4n) is 4.70. The number of aryl methyl sites for hydroxylation is 3. The molecule has 142 valence electrons. The zero-order chi connectivity index (χ0) is 19.0. The molecular weight excluding hydrogens is 334 g/mol. The van der Waals surface area contributed by atoms with Crippen LogP contribution in [-0.2, 0) is 11.3 Å². The average molecular weight is 364 g/mol. The number of benzene rings is 2. The number of hydrogen-bond donors (Lipinski definition) is 0. The molecule has 2 heterocycles. The van der Waals surface area contributed by atoms with Gasteiger partial charge in [0.25, 0.3) is 0 Å². The summed E-state index contributed by atoms with van der Waals surface area (Å²) >= 11 is 0. The molecule has 0 aliphatic carbocycles. The second-order valence-corrected chi connectivity index (χ2v) is 8.29. The van der Waals surface area contributed by atoms with Crippen LogP contribution in [0.1, 0.15) is 45.5 Å². The molecule has 0 spiro atoms. The lowest BCUT2D eigenvalue weighted by molar-refractivity contribution is -0.0872. The van der Waals surface area contributed by atoms with Crippen molar-refractivity contribution in [2.45, 2.75) is 52.2 Å². The summed E-state index contributed by atoms with van der Waals surface area (Å²) in [6.45, 7) is 8.69. The summed E-state index contributed by atoms with van der Waals surface area (Å²) in [6.07, 6.45) is 1.79. The molecule has 0 amide bonds. The highest BCUT2D eigenvalue weighted by molar-refractivity contribution is 5.99. The number of hydrogen-bond acceptors (Lipinski definition) is 3. The first-order valence-corrected chi connectivity index (χ1v) is 10.0. The number of ether oxygens (including phenoxy) is 1. The summed E-state index contributed by atoms with van der Waals surface area (Å²) in [5.41, 5.74) is 5.82. The van der Waals surface area contributed by atoms with Gasteiger partial charge in [-0.1, -0.05) is 36.4 Å². The van der Waals surface area contributed by atoms with Gasteiger partial charge in [0.1, 0.15) is 0 Å². The lowest BCUT2D eigenvalue weighted by Gasteiger charge is -2.48. The second kappa shape index (κ2) is 7.57. The molecule has 2 saturated heterocycles. The van der Waals surface area contributed by atoms with Crippen LogP contribution < -0.4 is 0 Å². The zero-order valence-corrected chi connectivity index (χ0v) is 16.6. The predicted octanol–water partition coefficient (Wildman–Crippen LogP) is 4.47. The molecule has 0 N–H and O–H groups in total. The third-order valence-corrected chi connectivity index (χ3v) is 6.36. The van der Waals surface area contributed by atoms with Crippen LogP contribution in [0.15, 0.2) is 42.5 Å². The van der Waals surface area contributed by atoms with Crippen molar-refractivity contribution in [3.63, 3.8) is 0 Å². The highest BCUT2D eigenvalue weighted by Crippen LogP contribution is 2.35. The molecule has 0 saturated carbocycles. The Morgan fingerprint density at radius 1 is 0.963 bits per heavy atom. The van der Waals surface area contributed by atoms with E-state index in [1.54, 1.807) is 0 Å². The van der Waals surface area contributed by atoms with E-state index < -0.39 is 0 Å². The van der Waals surface area contributed by atoms with Crippen LogP contribution >= 0.6 is 0 Å². The molecular formula is C24H29NO2. The summed E-state index contributed by atoms with van der Waals surface area (Å²) < 4.78 is 5.84. The summed E-state index contributed by atoms with van der Waals surface area (Å²) in [4.78, 5) is 15.9. The number of morpholine rings is 1. The lowest BCUT2D eigenvalue weighted by atomic mass is 9.79. The fourth-order valence-corrected chi connectivity index (χ4v) is 4.70. The van der Waals surface area contributed by atoms with E-state index in [2.05, 4.69) is 68.1 Å². The van der Waals surface area contributed by atoms with E-state index in [0.717, 1.165) is 43.7 Å². The minimum atomic E-state index is 0.108. The van der Waals surface area contributed by atoms with Crippen LogP contribution in [0, 0.1) is 26.7 Å². The summed E-state index contributed by atoms with van der Waals surface area (Å²) in [6, 6.07) is 15.5. The van der Waals surface area contributed by atoms with Crippen molar-refractivity contribution in [3.05, 3.63) is 70.3 Å². The molecule has 0 aromatic heterocycles. The van der Waals surface area contributed by atoms with E-state index >= 15 is 0 Å². The van der Waals surface area contributed by atoms with Crippen molar-refractivity contribution in [2.24, 2.45) is 5.92 Å². The van der Waals surface area contributed by atoms with Gasteiger partial charge in [-0.15, -0.1) is 0 Å². The van der Waals surface area contributed by atoms with Gasteiger partial charge in [0.15, 0.2) is 5.78 Å². The summed E-state index contributed by atoms with van der Waals surface area (Å²) in [5, 5.41) is 0. The normalized spacial score (nSPS) is 25.4. The lowest BCUT2D eigenvalue weighted by Crippen LogP contribution is -2.57. The number of Topliss-reactive ketones (excluding diaryl/α,β-unsaturated/α-hetero) is 1. The molecule has 2 bridgehead atoms. The third kappa shape index (κ3) is 3.71. The maximum Gasteiger partial charge on any atom is 0.166 e. The highest BCUT2D eigenvalue weighted by atomic mass is 16.5. The molecule has 2 unspecified atom stereocenters. The average Bonchev–Trinajstić information content (AvgIpc) is 2.65. The number of ketones is 1. The molecule has 2 fully saturated rings. The van der Waals surface area contributed by atoms with Gasteiger partial charge in [0, 0.05) is 30.1 Å². The van der Waals surface area contributed by atoms with Crippen molar-refractivity contribution < 1.29 is 9.53 Å². The van der Waals surface area contributed by atoms with Crippen molar-refractivity contribution in [3.8, 4) is 0 Å². The number of piperidine rings is 1. The van der Waals surface area contributed by atoms with Crippen LogP contribution in [0.4, 0.5) is 0 Å². The molecule has 2 aliphatic rings. The maximum atomic E-state index is 13.3. The minimum Gasteiger partial charge on any atom is -0.378 e. The van der Waals surface area contributed by atoms with Crippen LogP contribution in [-0.4, -0.2) is 36.0 Å². The molecule has 4 rings (SSSR count). The molecule has 3 heteroatoms. The van der Waals surface area contributed by atoms with Crippen molar-refractivity contribution in [1.29, 1.82) is 0 Å². The van der Waals surface area contributed by atoms with Gasteiger partial charge in [-0.2, -0.15) is 0 Å². The van der Waals surface area contributed by atoms with Gasteiger partial charge in [0.05, 0.1) is 13.2 Å². The molecule has 2 atom stereocenters. The Bertz CT molecular complexity index is 816. The van der Waals surface area contributed by atoms with E-state index in [0.29, 0.717) is 17.9 Å². The van der Waals surface area contributed by atoms with Gasteiger partial charge in [-0.3, -0.25) is 9.69 Å². The molecule has 3 nitrogen and oxygen atoms in total. The highest BCUT2D eigenvalue weighted by Gasteiger charge is 2.41. The number of nitrogens with zero attached hydrogens (tertiary/aromatic N) is 1. The zero-order valence-electron chi connectivity index (χ0n) is 16.6. The molecule has 2 aromatic carbocycles. The molecule has 0 radical (unpaired) electrons. The fraction of sp³-hybridized carbons (Fsp3) is 0.458. The van der Waals surface area contributed by atoms with Gasteiger partial charge in [-0.25, -0.2) is 0 Å². The van der Waals surface area contributed by atoms with E-state index in [1.165, 1.54) is 16.7 Å². The Kier molecular flexibility index (Phi) is 5.16. The number of fused-ring (bicyclic) bond motifs is 2. The number of rotatable bonds is 4. The maximum absolute atomic E-state index is 13.3.